The van der Waals surface area contributed by atoms with E-state index in [9.17, 15) is 4.39 Å². The fourth-order valence-electron chi connectivity index (χ4n) is 2.54. The predicted octanol–water partition coefficient (Wildman–Crippen LogP) is 6.10. The van der Waals surface area contributed by atoms with Crippen LogP contribution in [0.3, 0.4) is 0 Å². The van der Waals surface area contributed by atoms with Gasteiger partial charge in [-0.1, -0.05) is 36.4 Å². The van der Waals surface area contributed by atoms with Gasteiger partial charge in [0.2, 0.25) is 0 Å². The summed E-state index contributed by atoms with van der Waals surface area (Å²) in [6.07, 6.45) is 0. The van der Waals surface area contributed by atoms with E-state index in [4.69, 9.17) is 4.74 Å². The second-order valence-electron chi connectivity index (χ2n) is 6.74. The van der Waals surface area contributed by atoms with Gasteiger partial charge in [0, 0.05) is 6.07 Å². The third-order valence-corrected chi connectivity index (χ3v) is 5.72. The van der Waals surface area contributed by atoms with Gasteiger partial charge in [-0.05, 0) is 57.2 Å². The van der Waals surface area contributed by atoms with E-state index in [1.165, 1.54) is 15.9 Å². The van der Waals surface area contributed by atoms with Crippen molar-refractivity contribution in [2.24, 2.45) is 0 Å². The van der Waals surface area contributed by atoms with Gasteiger partial charge in [0.25, 0.3) is 0 Å². The second-order valence-corrected chi connectivity index (χ2v) is 8.77. The van der Waals surface area contributed by atoms with Crippen LogP contribution < -0.4 is 4.74 Å². The molecule has 25 heavy (non-hydrogen) atoms. The molecule has 3 aromatic rings. The first-order valence-corrected chi connectivity index (χ1v) is 9.49. The zero-order valence-electron chi connectivity index (χ0n) is 14.7. The highest BCUT2D eigenvalue weighted by Gasteiger charge is 2.30. The van der Waals surface area contributed by atoms with Crippen LogP contribution in [0.4, 0.5) is 4.39 Å². The number of hydrogen-bond donors (Lipinski definition) is 0. The zero-order valence-corrected chi connectivity index (χ0v) is 15.5. The molecule has 3 aromatic carbocycles. The fraction of sp³-hybridized carbons (Fsp3) is 0.182. The Morgan fingerprint density at radius 1 is 0.720 bits per heavy atom. The summed E-state index contributed by atoms with van der Waals surface area (Å²) >= 11 is 0. The summed E-state index contributed by atoms with van der Waals surface area (Å²) in [5.41, 5.74) is -0.447. The predicted molar refractivity (Wildman–Crippen MR) is 102 cm³/mol. The summed E-state index contributed by atoms with van der Waals surface area (Å²) in [5, 5.41) is 0. The Hall–Kier alpha value is -2.26. The summed E-state index contributed by atoms with van der Waals surface area (Å²) in [6.45, 7) is 5.77. The number of hydrogen-bond acceptors (Lipinski definition) is 1. The van der Waals surface area contributed by atoms with Gasteiger partial charge in [0.15, 0.2) is 26.3 Å². The van der Waals surface area contributed by atoms with Gasteiger partial charge in [-0.15, -0.1) is 0 Å². The van der Waals surface area contributed by atoms with Crippen molar-refractivity contribution >= 4 is 10.9 Å². The van der Waals surface area contributed by atoms with Crippen LogP contribution in [0.25, 0.3) is 0 Å². The largest absolute Gasteiger partial charge is 0.485 e. The first kappa shape index (κ1) is 17.6. The molecule has 0 aliphatic heterocycles. The number of benzene rings is 3. The van der Waals surface area contributed by atoms with E-state index in [2.05, 4.69) is 24.3 Å². The molecule has 0 heterocycles. The molecule has 3 rings (SSSR count). The van der Waals surface area contributed by atoms with Crippen molar-refractivity contribution in [3.8, 4) is 5.75 Å². The molecule has 0 radical (unpaired) electrons. The van der Waals surface area contributed by atoms with Crippen molar-refractivity contribution in [1.29, 1.82) is 0 Å². The lowest BCUT2D eigenvalue weighted by Crippen LogP contribution is -2.23. The third-order valence-electron chi connectivity index (χ3n) is 3.51. The van der Waals surface area contributed by atoms with Crippen LogP contribution in [0.1, 0.15) is 20.8 Å². The molecule has 0 saturated carbocycles. The summed E-state index contributed by atoms with van der Waals surface area (Å²) in [7, 11) is -0.308. The van der Waals surface area contributed by atoms with Gasteiger partial charge in [0.1, 0.15) is 5.60 Å². The lowest BCUT2D eigenvalue weighted by Gasteiger charge is -2.21. The molecule has 0 spiro atoms. The first-order valence-electron chi connectivity index (χ1n) is 8.27. The Labute approximate surface area is 151 Å². The van der Waals surface area contributed by atoms with Crippen molar-refractivity contribution < 1.29 is 9.13 Å². The summed E-state index contributed by atoms with van der Waals surface area (Å²) < 4.78 is 20.1. The van der Waals surface area contributed by atoms with Crippen molar-refractivity contribution in [2.45, 2.75) is 41.1 Å². The lowest BCUT2D eigenvalue weighted by atomic mass is 10.2. The number of rotatable bonds is 4. The van der Waals surface area contributed by atoms with E-state index in [-0.39, 0.29) is 16.7 Å². The van der Waals surface area contributed by atoms with E-state index in [1.54, 1.807) is 0 Å². The smallest absolute Gasteiger partial charge is 0.170 e. The Bertz CT molecular complexity index is 786. The minimum atomic E-state index is -0.447. The molecular weight excluding hydrogens is 331 g/mol. The highest BCUT2D eigenvalue weighted by Crippen LogP contribution is 2.34. The van der Waals surface area contributed by atoms with Crippen LogP contribution in [0.2, 0.25) is 0 Å². The molecule has 0 atom stereocenters. The van der Waals surface area contributed by atoms with E-state index >= 15 is 0 Å². The van der Waals surface area contributed by atoms with Gasteiger partial charge in [-0.3, -0.25) is 0 Å². The Kier molecular flexibility index (Phi) is 5.14. The Balaban J connectivity index is 2.10. The molecule has 0 amide bonds. The third kappa shape index (κ3) is 4.43. The second kappa shape index (κ2) is 7.32. The normalized spacial score (nSPS) is 11.6. The van der Waals surface area contributed by atoms with Crippen LogP contribution in [0.15, 0.2) is 93.5 Å². The molecular formula is C22H22FOS+. The van der Waals surface area contributed by atoms with Gasteiger partial charge in [-0.25, -0.2) is 4.39 Å². The van der Waals surface area contributed by atoms with Crippen LogP contribution in [0.5, 0.6) is 5.75 Å². The fourth-order valence-corrected chi connectivity index (χ4v) is 4.64. The minimum Gasteiger partial charge on any atom is -0.485 e. The van der Waals surface area contributed by atoms with Crippen LogP contribution >= 0.6 is 0 Å². The number of halogens is 1. The van der Waals surface area contributed by atoms with Gasteiger partial charge < -0.3 is 4.74 Å². The summed E-state index contributed by atoms with van der Waals surface area (Å²) in [5.74, 6) is -0.0299. The first-order chi connectivity index (χ1) is 11.9. The average Bonchev–Trinajstić information content (AvgIpc) is 2.59. The minimum absolute atomic E-state index is 0.300. The maximum absolute atomic E-state index is 14.2. The Morgan fingerprint density at radius 3 is 1.72 bits per heavy atom. The molecule has 128 valence electrons. The molecule has 0 N–H and O–H groups in total. The highest BCUT2D eigenvalue weighted by molar-refractivity contribution is 7.97. The Morgan fingerprint density at radius 2 is 1.24 bits per heavy atom. The summed E-state index contributed by atoms with van der Waals surface area (Å²) in [6, 6.07) is 25.8. The molecule has 0 fully saturated rings. The summed E-state index contributed by atoms with van der Waals surface area (Å²) in [4.78, 5) is 3.43. The molecule has 0 aliphatic rings. The highest BCUT2D eigenvalue weighted by atomic mass is 32.2. The lowest BCUT2D eigenvalue weighted by molar-refractivity contribution is 0.124. The average molecular weight is 353 g/mol. The molecule has 1 nitrogen and oxygen atoms in total. The molecule has 0 aromatic heterocycles. The monoisotopic (exact) mass is 353 g/mol. The standard InChI is InChI=1S/C22H22FOS/c1-22(2,3)24-21-16-19(14-15-20(21)23)25(17-10-6-4-7-11-17)18-12-8-5-9-13-18/h4-16H,1-3H3/q+1. The van der Waals surface area contributed by atoms with Crippen molar-refractivity contribution in [3.63, 3.8) is 0 Å². The van der Waals surface area contributed by atoms with Crippen LogP contribution in [0, 0.1) is 5.82 Å². The van der Waals surface area contributed by atoms with Crippen molar-refractivity contribution in [3.05, 3.63) is 84.7 Å². The van der Waals surface area contributed by atoms with Crippen LogP contribution in [-0.4, -0.2) is 5.60 Å². The van der Waals surface area contributed by atoms with E-state index in [0.29, 0.717) is 5.75 Å². The number of ether oxygens (including phenoxy) is 1. The maximum atomic E-state index is 14.2. The topological polar surface area (TPSA) is 9.23 Å². The van der Waals surface area contributed by atoms with Gasteiger partial charge >= 0.3 is 0 Å². The SMILES string of the molecule is CC(C)(C)Oc1cc([S+](c2ccccc2)c2ccccc2)ccc1F. The van der Waals surface area contributed by atoms with Crippen molar-refractivity contribution in [2.75, 3.05) is 0 Å². The van der Waals surface area contributed by atoms with E-state index in [0.717, 1.165) is 4.90 Å². The quantitative estimate of drug-likeness (QED) is 0.515. The molecule has 3 heteroatoms. The van der Waals surface area contributed by atoms with E-state index in [1.807, 2.05) is 69.3 Å². The van der Waals surface area contributed by atoms with E-state index < -0.39 is 5.60 Å². The van der Waals surface area contributed by atoms with Gasteiger partial charge in [0.05, 0.1) is 10.9 Å². The molecule has 0 saturated heterocycles. The maximum Gasteiger partial charge on any atom is 0.170 e. The molecule has 0 aliphatic carbocycles. The van der Waals surface area contributed by atoms with Crippen LogP contribution in [-0.2, 0) is 10.9 Å². The van der Waals surface area contributed by atoms with Crippen molar-refractivity contribution in [1.82, 2.24) is 0 Å². The molecule has 0 bridgehead atoms. The van der Waals surface area contributed by atoms with Gasteiger partial charge in [-0.2, -0.15) is 0 Å². The zero-order chi connectivity index (χ0) is 17.9. The molecule has 0 unspecified atom stereocenters.